The first-order valence-corrected chi connectivity index (χ1v) is 9.95. The van der Waals surface area contributed by atoms with Gasteiger partial charge in [0, 0.05) is 23.3 Å². The van der Waals surface area contributed by atoms with E-state index in [0.29, 0.717) is 5.92 Å². The van der Waals surface area contributed by atoms with Crippen molar-refractivity contribution in [2.24, 2.45) is 5.10 Å². The molecule has 2 aromatic carbocycles. The largest absolute Gasteiger partial charge is 0.416 e. The maximum absolute atomic E-state index is 12.8. The number of alkyl halides is 3. The molecule has 4 nitrogen and oxygen atoms in total. The lowest BCUT2D eigenvalue weighted by atomic mass is 9.79. The van der Waals surface area contributed by atoms with Gasteiger partial charge in [-0.25, -0.2) is 5.43 Å². The van der Waals surface area contributed by atoms with Crippen LogP contribution in [-0.2, 0) is 6.18 Å². The summed E-state index contributed by atoms with van der Waals surface area (Å²) in [5, 5.41) is 3.93. The van der Waals surface area contributed by atoms with Gasteiger partial charge in [-0.1, -0.05) is 19.1 Å². The Morgan fingerprint density at radius 2 is 2.00 bits per heavy atom. The number of carbonyl (C=O) groups is 1. The number of nitrogens with zero attached hydrogens (tertiary/aromatic N) is 2. The van der Waals surface area contributed by atoms with E-state index in [0.717, 1.165) is 30.7 Å². The Hall–Kier alpha value is -2.83. The average Bonchev–Trinajstić information content (AvgIpc) is 2.67. The predicted octanol–water partition coefficient (Wildman–Crippen LogP) is 5.58. The van der Waals surface area contributed by atoms with Crippen molar-refractivity contribution in [3.05, 3.63) is 64.7 Å². The van der Waals surface area contributed by atoms with Crippen LogP contribution in [0.1, 0.15) is 67.1 Å². The van der Waals surface area contributed by atoms with Crippen LogP contribution in [-0.4, -0.2) is 24.2 Å². The second-order valence-electron chi connectivity index (χ2n) is 8.26. The molecule has 0 aromatic heterocycles. The molecule has 1 amide bonds. The van der Waals surface area contributed by atoms with Gasteiger partial charge in [-0.2, -0.15) is 18.3 Å². The average molecular weight is 417 g/mol. The van der Waals surface area contributed by atoms with E-state index in [1.54, 1.807) is 0 Å². The van der Waals surface area contributed by atoms with Crippen LogP contribution < -0.4 is 10.3 Å². The second-order valence-corrected chi connectivity index (χ2v) is 8.26. The molecule has 0 radical (unpaired) electrons. The smallest absolute Gasteiger partial charge is 0.366 e. The molecule has 7 heteroatoms. The fourth-order valence-corrected chi connectivity index (χ4v) is 4.25. The molecule has 0 fully saturated rings. The Labute approximate surface area is 174 Å². The number of benzene rings is 2. The Morgan fingerprint density at radius 3 is 2.67 bits per heavy atom. The van der Waals surface area contributed by atoms with E-state index in [-0.39, 0.29) is 11.1 Å². The first kappa shape index (κ1) is 21.9. The fraction of sp³-hybridized carbons (Fsp3) is 0.391. The summed E-state index contributed by atoms with van der Waals surface area (Å²) in [6, 6.07) is 10.3. The summed E-state index contributed by atoms with van der Waals surface area (Å²) in [7, 11) is 0. The number of hydrazone groups is 1. The Kier molecular flexibility index (Phi) is 5.92. The monoisotopic (exact) mass is 417 g/mol. The van der Waals surface area contributed by atoms with Gasteiger partial charge in [-0.3, -0.25) is 4.79 Å². The summed E-state index contributed by atoms with van der Waals surface area (Å²) in [5.41, 5.74) is 4.66. The summed E-state index contributed by atoms with van der Waals surface area (Å²) in [6.07, 6.45) is -1.96. The fourth-order valence-electron chi connectivity index (χ4n) is 4.25. The van der Waals surface area contributed by atoms with Gasteiger partial charge in [0.15, 0.2) is 0 Å². The molecule has 1 heterocycles. The van der Waals surface area contributed by atoms with E-state index >= 15 is 0 Å². The lowest BCUT2D eigenvalue weighted by Gasteiger charge is -2.47. The molecule has 0 saturated carbocycles. The quantitative estimate of drug-likeness (QED) is 0.521. The third kappa shape index (κ3) is 4.50. The molecule has 0 spiro atoms. The van der Waals surface area contributed by atoms with Gasteiger partial charge in [-0.15, -0.1) is 0 Å². The minimum atomic E-state index is -4.50. The Balaban J connectivity index is 1.75. The van der Waals surface area contributed by atoms with Crippen LogP contribution in [0.15, 0.2) is 47.6 Å². The molecular weight excluding hydrogens is 391 g/mol. The third-order valence-corrected chi connectivity index (χ3v) is 5.56. The molecule has 0 aliphatic carbocycles. The highest BCUT2D eigenvalue weighted by Crippen LogP contribution is 2.43. The number of hydrogen-bond donors (Lipinski definition) is 1. The van der Waals surface area contributed by atoms with Crippen LogP contribution in [0.2, 0.25) is 0 Å². The molecule has 1 N–H and O–H groups in total. The van der Waals surface area contributed by atoms with E-state index in [4.69, 9.17) is 0 Å². The van der Waals surface area contributed by atoms with Crippen molar-refractivity contribution in [2.75, 3.05) is 11.4 Å². The van der Waals surface area contributed by atoms with E-state index in [1.807, 2.05) is 6.07 Å². The standard InChI is InChI=1S/C23H26F3N3O/c1-5-29-20-10-9-16(11-19(20)15(2)13-22(29,3)4)14-27-28-21(30)17-7-6-8-18(12-17)23(24,25)26/h6-12,14-15H,5,13H2,1-4H3,(H,28,30)/b27-14+. The normalized spacial score (nSPS) is 18.4. The number of amides is 1. The Bertz CT molecular complexity index is 966. The highest BCUT2D eigenvalue weighted by Gasteiger charge is 2.35. The van der Waals surface area contributed by atoms with Crippen molar-refractivity contribution >= 4 is 17.8 Å². The van der Waals surface area contributed by atoms with Crippen molar-refractivity contribution in [1.82, 2.24) is 5.43 Å². The van der Waals surface area contributed by atoms with E-state index in [2.05, 4.69) is 55.3 Å². The van der Waals surface area contributed by atoms with Crippen LogP contribution in [0.25, 0.3) is 0 Å². The maximum atomic E-state index is 12.8. The SMILES string of the molecule is CCN1c2ccc(/C=N/NC(=O)c3cccc(C(F)(F)F)c3)cc2C(C)CC1(C)C. The molecule has 1 unspecified atom stereocenters. The van der Waals surface area contributed by atoms with Crippen LogP contribution >= 0.6 is 0 Å². The van der Waals surface area contributed by atoms with E-state index < -0.39 is 17.6 Å². The maximum Gasteiger partial charge on any atom is 0.416 e. The van der Waals surface area contributed by atoms with Crippen LogP contribution in [0.4, 0.5) is 18.9 Å². The zero-order valence-corrected chi connectivity index (χ0v) is 17.5. The van der Waals surface area contributed by atoms with Crippen LogP contribution in [0, 0.1) is 0 Å². The summed E-state index contributed by atoms with van der Waals surface area (Å²) < 4.78 is 38.4. The summed E-state index contributed by atoms with van der Waals surface area (Å²) in [6.45, 7) is 9.74. The van der Waals surface area contributed by atoms with Crippen molar-refractivity contribution in [2.45, 2.75) is 51.7 Å². The molecule has 1 aliphatic rings. The first-order chi connectivity index (χ1) is 14.0. The lowest BCUT2D eigenvalue weighted by molar-refractivity contribution is -0.137. The molecule has 3 rings (SSSR count). The molecule has 2 aromatic rings. The van der Waals surface area contributed by atoms with Gasteiger partial charge in [0.2, 0.25) is 0 Å². The summed E-state index contributed by atoms with van der Waals surface area (Å²) in [4.78, 5) is 14.5. The van der Waals surface area contributed by atoms with Gasteiger partial charge < -0.3 is 4.90 Å². The summed E-state index contributed by atoms with van der Waals surface area (Å²) in [5.74, 6) is -0.312. The zero-order chi connectivity index (χ0) is 22.1. The van der Waals surface area contributed by atoms with Gasteiger partial charge in [-0.05, 0) is 74.6 Å². The molecule has 160 valence electrons. The number of carbonyl (C=O) groups excluding carboxylic acids is 1. The molecular formula is C23H26F3N3O. The van der Waals surface area contributed by atoms with E-state index in [9.17, 15) is 18.0 Å². The molecule has 0 bridgehead atoms. The Morgan fingerprint density at radius 1 is 1.27 bits per heavy atom. The van der Waals surface area contributed by atoms with Gasteiger partial charge >= 0.3 is 6.18 Å². The van der Waals surface area contributed by atoms with Crippen molar-refractivity contribution in [3.8, 4) is 0 Å². The number of halogens is 3. The van der Waals surface area contributed by atoms with Crippen molar-refractivity contribution in [1.29, 1.82) is 0 Å². The summed E-state index contributed by atoms with van der Waals surface area (Å²) >= 11 is 0. The second kappa shape index (κ2) is 8.13. The molecule has 30 heavy (non-hydrogen) atoms. The van der Waals surface area contributed by atoms with Gasteiger partial charge in [0.05, 0.1) is 11.8 Å². The molecule has 1 aliphatic heterocycles. The van der Waals surface area contributed by atoms with Crippen molar-refractivity contribution < 1.29 is 18.0 Å². The lowest BCUT2D eigenvalue weighted by Crippen LogP contribution is -2.48. The number of nitrogens with one attached hydrogen (secondary N) is 1. The van der Waals surface area contributed by atoms with Gasteiger partial charge in [0.25, 0.3) is 5.91 Å². The highest BCUT2D eigenvalue weighted by molar-refractivity contribution is 5.95. The first-order valence-electron chi connectivity index (χ1n) is 9.95. The van der Waals surface area contributed by atoms with Crippen molar-refractivity contribution in [3.63, 3.8) is 0 Å². The molecule has 0 saturated heterocycles. The van der Waals surface area contributed by atoms with Crippen LogP contribution in [0.3, 0.4) is 0 Å². The number of rotatable bonds is 4. The number of anilines is 1. The molecule has 1 atom stereocenters. The predicted molar refractivity (Wildman–Crippen MR) is 113 cm³/mol. The van der Waals surface area contributed by atoms with Crippen LogP contribution in [0.5, 0.6) is 0 Å². The van der Waals surface area contributed by atoms with Gasteiger partial charge in [0.1, 0.15) is 0 Å². The highest BCUT2D eigenvalue weighted by atomic mass is 19.4. The topological polar surface area (TPSA) is 44.7 Å². The minimum absolute atomic E-state index is 0.0791. The zero-order valence-electron chi connectivity index (χ0n) is 17.5. The van der Waals surface area contributed by atoms with E-state index in [1.165, 1.54) is 29.6 Å². The number of hydrogen-bond acceptors (Lipinski definition) is 3. The third-order valence-electron chi connectivity index (χ3n) is 5.56. The minimum Gasteiger partial charge on any atom is -0.366 e. The number of fused-ring (bicyclic) bond motifs is 1.